The molecule has 1 aliphatic heterocycles. The highest BCUT2D eigenvalue weighted by Gasteiger charge is 2.33. The van der Waals surface area contributed by atoms with Crippen LogP contribution in [0.25, 0.3) is 0 Å². The SMILES string of the molecule is C=CC(=CC)C(C)OC(=O)C(c1ccccc1)N1CCNC(=O)C1. The number of hydrogen-bond acceptors (Lipinski definition) is 4. The van der Waals surface area contributed by atoms with Gasteiger partial charge in [-0.3, -0.25) is 9.69 Å². The molecule has 24 heavy (non-hydrogen) atoms. The van der Waals surface area contributed by atoms with Crippen molar-refractivity contribution in [3.63, 3.8) is 0 Å². The molecule has 1 heterocycles. The number of ether oxygens (including phenoxy) is 1. The highest BCUT2D eigenvalue weighted by molar-refractivity contribution is 5.82. The average molecular weight is 328 g/mol. The molecule has 1 saturated heterocycles. The fourth-order valence-electron chi connectivity index (χ4n) is 2.84. The van der Waals surface area contributed by atoms with Crippen molar-refractivity contribution >= 4 is 11.9 Å². The van der Waals surface area contributed by atoms with Crippen molar-refractivity contribution in [2.75, 3.05) is 19.6 Å². The summed E-state index contributed by atoms with van der Waals surface area (Å²) < 4.78 is 5.65. The molecule has 1 amide bonds. The number of nitrogens with zero attached hydrogens (tertiary/aromatic N) is 1. The van der Waals surface area contributed by atoms with Gasteiger partial charge in [0.2, 0.25) is 5.91 Å². The third-order valence-corrected chi connectivity index (χ3v) is 4.10. The summed E-state index contributed by atoms with van der Waals surface area (Å²) in [6.45, 7) is 8.75. The zero-order valence-corrected chi connectivity index (χ0v) is 14.2. The molecule has 2 unspecified atom stereocenters. The number of benzene rings is 1. The molecule has 0 bridgehead atoms. The van der Waals surface area contributed by atoms with Gasteiger partial charge in [-0.05, 0) is 25.0 Å². The van der Waals surface area contributed by atoms with Crippen LogP contribution in [0.1, 0.15) is 25.5 Å². The van der Waals surface area contributed by atoms with Crippen LogP contribution in [-0.4, -0.2) is 42.5 Å². The van der Waals surface area contributed by atoms with Gasteiger partial charge in [-0.2, -0.15) is 0 Å². The molecule has 5 nitrogen and oxygen atoms in total. The molecular formula is C19H24N2O3. The molecule has 0 saturated carbocycles. The van der Waals surface area contributed by atoms with Gasteiger partial charge in [0.15, 0.2) is 0 Å². The van der Waals surface area contributed by atoms with Gasteiger partial charge in [0.1, 0.15) is 12.1 Å². The molecule has 2 atom stereocenters. The quantitative estimate of drug-likeness (QED) is 0.643. The van der Waals surface area contributed by atoms with Crippen LogP contribution in [-0.2, 0) is 14.3 Å². The predicted molar refractivity (Wildman–Crippen MR) is 93.3 cm³/mol. The molecule has 5 heteroatoms. The first-order chi connectivity index (χ1) is 11.6. The summed E-state index contributed by atoms with van der Waals surface area (Å²) >= 11 is 0. The van der Waals surface area contributed by atoms with Crippen molar-refractivity contribution in [3.05, 3.63) is 60.2 Å². The molecule has 1 aromatic rings. The monoisotopic (exact) mass is 328 g/mol. The average Bonchev–Trinajstić information content (AvgIpc) is 2.57. The molecule has 1 aliphatic rings. The molecule has 128 valence electrons. The predicted octanol–water partition coefficient (Wildman–Crippen LogP) is 2.22. The molecule has 1 fully saturated rings. The van der Waals surface area contributed by atoms with Crippen LogP contribution in [0.3, 0.4) is 0 Å². The number of nitrogens with one attached hydrogen (secondary N) is 1. The molecule has 2 rings (SSSR count). The second kappa shape index (κ2) is 8.45. The van der Waals surface area contributed by atoms with Gasteiger partial charge in [0.25, 0.3) is 0 Å². The number of carbonyl (C=O) groups excluding carboxylic acids is 2. The van der Waals surface area contributed by atoms with Crippen LogP contribution in [0.5, 0.6) is 0 Å². The van der Waals surface area contributed by atoms with E-state index in [1.54, 1.807) is 6.08 Å². The number of esters is 1. The summed E-state index contributed by atoms with van der Waals surface area (Å²) in [6, 6.07) is 8.82. The first kappa shape index (κ1) is 17.9. The molecule has 0 radical (unpaired) electrons. The number of rotatable bonds is 6. The van der Waals surface area contributed by atoms with E-state index in [1.807, 2.05) is 55.2 Å². The Morgan fingerprint density at radius 1 is 1.38 bits per heavy atom. The summed E-state index contributed by atoms with van der Waals surface area (Å²) in [5.74, 6) is -0.437. The Balaban J connectivity index is 2.23. The standard InChI is InChI=1S/C19H24N2O3/c1-4-15(5-2)14(3)24-19(23)18(16-9-7-6-8-10-16)21-12-11-20-17(22)13-21/h4-10,14,18H,1,11-13H2,2-3H3,(H,20,22). The molecule has 1 aromatic carbocycles. The molecule has 0 spiro atoms. The van der Waals surface area contributed by atoms with Gasteiger partial charge in [-0.25, -0.2) is 4.79 Å². The lowest BCUT2D eigenvalue weighted by atomic mass is 10.0. The van der Waals surface area contributed by atoms with E-state index in [1.165, 1.54) is 0 Å². The first-order valence-electron chi connectivity index (χ1n) is 8.11. The minimum Gasteiger partial charge on any atom is -0.456 e. The van der Waals surface area contributed by atoms with Crippen LogP contribution >= 0.6 is 0 Å². The zero-order chi connectivity index (χ0) is 17.5. The third-order valence-electron chi connectivity index (χ3n) is 4.10. The zero-order valence-electron chi connectivity index (χ0n) is 14.2. The first-order valence-corrected chi connectivity index (χ1v) is 8.11. The minimum absolute atomic E-state index is 0.0803. The lowest BCUT2D eigenvalue weighted by Crippen LogP contribution is -2.50. The van der Waals surface area contributed by atoms with Crippen LogP contribution in [0.15, 0.2) is 54.6 Å². The van der Waals surface area contributed by atoms with Crippen LogP contribution in [0.2, 0.25) is 0 Å². The van der Waals surface area contributed by atoms with Gasteiger partial charge in [-0.15, -0.1) is 0 Å². The second-order valence-electron chi connectivity index (χ2n) is 5.71. The van der Waals surface area contributed by atoms with Gasteiger partial charge < -0.3 is 10.1 Å². The molecular weight excluding hydrogens is 304 g/mol. The van der Waals surface area contributed by atoms with Crippen molar-refractivity contribution < 1.29 is 14.3 Å². The fraction of sp³-hybridized carbons (Fsp3) is 0.368. The van der Waals surface area contributed by atoms with E-state index in [-0.39, 0.29) is 24.5 Å². The van der Waals surface area contributed by atoms with Crippen LogP contribution in [0.4, 0.5) is 0 Å². The van der Waals surface area contributed by atoms with Crippen LogP contribution < -0.4 is 5.32 Å². The normalized spacial score (nSPS) is 18.4. The third kappa shape index (κ3) is 4.32. The van der Waals surface area contributed by atoms with Gasteiger partial charge in [-0.1, -0.05) is 49.1 Å². The van der Waals surface area contributed by atoms with Crippen molar-refractivity contribution in [2.24, 2.45) is 0 Å². The van der Waals surface area contributed by atoms with E-state index in [9.17, 15) is 9.59 Å². The molecule has 1 N–H and O–H groups in total. The van der Waals surface area contributed by atoms with Crippen LogP contribution in [0, 0.1) is 0 Å². The van der Waals surface area contributed by atoms with Crippen molar-refractivity contribution in [2.45, 2.75) is 26.0 Å². The topological polar surface area (TPSA) is 58.6 Å². The van der Waals surface area contributed by atoms with E-state index >= 15 is 0 Å². The van der Waals surface area contributed by atoms with Gasteiger partial charge >= 0.3 is 5.97 Å². The van der Waals surface area contributed by atoms with E-state index in [4.69, 9.17) is 4.74 Å². The Morgan fingerprint density at radius 2 is 2.08 bits per heavy atom. The van der Waals surface area contributed by atoms with E-state index in [0.717, 1.165) is 11.1 Å². The van der Waals surface area contributed by atoms with Gasteiger partial charge in [0, 0.05) is 13.1 Å². The Hall–Kier alpha value is -2.40. The Morgan fingerprint density at radius 3 is 2.67 bits per heavy atom. The second-order valence-corrected chi connectivity index (χ2v) is 5.71. The number of hydrogen-bond donors (Lipinski definition) is 1. The molecule has 0 aromatic heterocycles. The van der Waals surface area contributed by atoms with Crippen molar-refractivity contribution in [1.82, 2.24) is 10.2 Å². The summed E-state index contributed by atoms with van der Waals surface area (Å²) in [7, 11) is 0. The Kier molecular flexibility index (Phi) is 6.32. The largest absolute Gasteiger partial charge is 0.456 e. The fourth-order valence-corrected chi connectivity index (χ4v) is 2.84. The highest BCUT2D eigenvalue weighted by Crippen LogP contribution is 2.24. The van der Waals surface area contributed by atoms with E-state index in [0.29, 0.717) is 13.1 Å². The Bertz CT molecular complexity index is 625. The minimum atomic E-state index is -0.595. The van der Waals surface area contributed by atoms with Crippen molar-refractivity contribution in [3.8, 4) is 0 Å². The van der Waals surface area contributed by atoms with E-state index < -0.39 is 6.04 Å². The van der Waals surface area contributed by atoms with Crippen molar-refractivity contribution in [1.29, 1.82) is 0 Å². The lowest BCUT2D eigenvalue weighted by Gasteiger charge is -2.33. The molecule has 0 aliphatic carbocycles. The maximum atomic E-state index is 12.8. The maximum Gasteiger partial charge on any atom is 0.328 e. The maximum absolute atomic E-state index is 12.8. The summed E-state index contributed by atoms with van der Waals surface area (Å²) in [6.07, 6.45) is 3.17. The van der Waals surface area contributed by atoms with E-state index in [2.05, 4.69) is 11.9 Å². The summed E-state index contributed by atoms with van der Waals surface area (Å²) in [4.78, 5) is 26.4. The Labute approximate surface area is 143 Å². The smallest absolute Gasteiger partial charge is 0.328 e. The summed E-state index contributed by atoms with van der Waals surface area (Å²) in [5, 5.41) is 2.78. The van der Waals surface area contributed by atoms with Gasteiger partial charge in [0.05, 0.1) is 6.54 Å². The lowest BCUT2D eigenvalue weighted by molar-refractivity contribution is -0.154. The number of allylic oxidation sites excluding steroid dienone is 1. The number of carbonyl (C=O) groups is 2. The summed E-state index contributed by atoms with van der Waals surface area (Å²) in [5.41, 5.74) is 1.68. The highest BCUT2D eigenvalue weighted by atomic mass is 16.5. The number of piperazine rings is 1. The number of amides is 1.